The molecule has 194 valence electrons. The highest BCUT2D eigenvalue weighted by Gasteiger charge is 2.26. The van der Waals surface area contributed by atoms with Crippen LogP contribution >= 0.6 is 36.2 Å². The van der Waals surface area contributed by atoms with Gasteiger partial charge < -0.3 is 25.0 Å². The molecule has 6 rings (SSSR count). The number of nitrogens with one attached hydrogen (secondary N) is 1. The summed E-state index contributed by atoms with van der Waals surface area (Å²) in [6.07, 6.45) is 2.04. The van der Waals surface area contributed by atoms with E-state index in [1.165, 1.54) is 11.3 Å². The fourth-order valence-electron chi connectivity index (χ4n) is 4.50. The summed E-state index contributed by atoms with van der Waals surface area (Å²) in [6, 6.07) is 9.73. The number of nitrogens with zero attached hydrogens (tertiary/aromatic N) is 5. The molecular formula is C25H28N6O3S3. The van der Waals surface area contributed by atoms with Crippen LogP contribution in [0.5, 0.6) is 0 Å². The Morgan fingerprint density at radius 3 is 2.70 bits per heavy atom. The average molecular weight is 557 g/mol. The Morgan fingerprint density at radius 2 is 1.95 bits per heavy atom. The van der Waals surface area contributed by atoms with E-state index in [-0.39, 0.29) is 19.4 Å². The molecule has 4 aromatic heterocycles. The summed E-state index contributed by atoms with van der Waals surface area (Å²) in [7, 11) is 0. The topological polar surface area (TPSA) is 104 Å². The maximum absolute atomic E-state index is 13.3. The number of carbonyl (C=O) groups excluding carboxylic acids is 1. The van der Waals surface area contributed by atoms with Gasteiger partial charge in [-0.15, -0.1) is 11.3 Å². The van der Waals surface area contributed by atoms with Crippen molar-refractivity contribution in [2.24, 2.45) is 0 Å². The van der Waals surface area contributed by atoms with Gasteiger partial charge in [0.15, 0.2) is 16.6 Å². The van der Waals surface area contributed by atoms with Crippen LogP contribution in [0.4, 0.5) is 16.6 Å². The summed E-state index contributed by atoms with van der Waals surface area (Å²) < 4.78 is 6.38. The highest BCUT2D eigenvalue weighted by molar-refractivity contribution is 7.59. The van der Waals surface area contributed by atoms with Crippen molar-refractivity contribution in [3.05, 3.63) is 47.1 Å². The van der Waals surface area contributed by atoms with Gasteiger partial charge in [0.05, 0.1) is 34.6 Å². The highest BCUT2D eigenvalue weighted by Crippen LogP contribution is 2.36. The molecule has 2 saturated heterocycles. The van der Waals surface area contributed by atoms with Gasteiger partial charge >= 0.3 is 0 Å². The number of aliphatic hydroxyl groups is 1. The van der Waals surface area contributed by atoms with E-state index in [4.69, 9.17) is 14.7 Å². The van der Waals surface area contributed by atoms with Crippen molar-refractivity contribution in [2.45, 2.75) is 19.4 Å². The number of thiazole rings is 1. The number of anilines is 3. The molecular weight excluding hydrogens is 529 g/mol. The molecule has 9 nitrogen and oxygen atoms in total. The van der Waals surface area contributed by atoms with E-state index >= 15 is 0 Å². The second-order valence-electron chi connectivity index (χ2n) is 8.97. The van der Waals surface area contributed by atoms with Gasteiger partial charge in [-0.25, -0.2) is 4.98 Å². The third kappa shape index (κ3) is 5.43. The van der Waals surface area contributed by atoms with E-state index < -0.39 is 6.10 Å². The molecule has 0 spiro atoms. The number of ether oxygens (including phenoxy) is 1. The van der Waals surface area contributed by atoms with Crippen molar-refractivity contribution >= 4 is 69.1 Å². The zero-order valence-corrected chi connectivity index (χ0v) is 22.9. The number of β-amino-alcohol motifs (C(OH)–C–C–N with tert-alkyl or cyclic N) is 1. The predicted octanol–water partition coefficient (Wildman–Crippen LogP) is 3.90. The van der Waals surface area contributed by atoms with Crippen LogP contribution in [0.2, 0.25) is 0 Å². The number of aryl methyl sites for hydroxylation is 1. The zero-order chi connectivity index (χ0) is 24.6. The minimum absolute atomic E-state index is 0. The molecule has 0 aliphatic carbocycles. The number of hydrogen-bond donors (Lipinski definition) is 2. The van der Waals surface area contributed by atoms with Crippen molar-refractivity contribution in [1.82, 2.24) is 15.0 Å². The van der Waals surface area contributed by atoms with Gasteiger partial charge in [-0.3, -0.25) is 9.78 Å². The van der Waals surface area contributed by atoms with Crippen LogP contribution in [0, 0.1) is 6.92 Å². The van der Waals surface area contributed by atoms with Gasteiger partial charge in [-0.1, -0.05) is 11.3 Å². The molecule has 4 aromatic rings. The molecule has 2 fully saturated rings. The molecule has 0 unspecified atom stereocenters. The third-order valence-corrected chi connectivity index (χ3v) is 8.54. The van der Waals surface area contributed by atoms with Crippen molar-refractivity contribution in [3.8, 4) is 10.4 Å². The van der Waals surface area contributed by atoms with Crippen LogP contribution in [0.1, 0.15) is 21.8 Å². The molecule has 2 aliphatic rings. The normalized spacial score (nSPS) is 17.7. The van der Waals surface area contributed by atoms with Gasteiger partial charge in [0.2, 0.25) is 0 Å². The number of thiophene rings is 1. The van der Waals surface area contributed by atoms with Gasteiger partial charge in [-0.05, 0) is 49.2 Å². The van der Waals surface area contributed by atoms with Crippen molar-refractivity contribution in [1.29, 1.82) is 0 Å². The summed E-state index contributed by atoms with van der Waals surface area (Å²) in [5.41, 5.74) is 3.27. The first-order valence-electron chi connectivity index (χ1n) is 11.9. The first-order valence-corrected chi connectivity index (χ1v) is 13.6. The van der Waals surface area contributed by atoms with Gasteiger partial charge in [0.1, 0.15) is 0 Å². The van der Waals surface area contributed by atoms with E-state index in [0.29, 0.717) is 54.8 Å². The van der Waals surface area contributed by atoms with Gasteiger partial charge in [0, 0.05) is 42.9 Å². The molecule has 0 bridgehead atoms. The number of carbonyl (C=O) groups is 1. The second kappa shape index (κ2) is 10.9. The molecule has 0 saturated carbocycles. The van der Waals surface area contributed by atoms with E-state index in [1.54, 1.807) is 17.5 Å². The Hall–Kier alpha value is -2.77. The predicted molar refractivity (Wildman–Crippen MR) is 154 cm³/mol. The summed E-state index contributed by atoms with van der Waals surface area (Å²) in [5.74, 6) is 0.463. The standard InChI is InChI=1S/C25H26N6O3S2.H2S/c1-15-12-16(4-6-26-15)19-2-3-20(35-19)24(33)27-18-13-21-22(28-23(18)31-7-5-17(32)14-31)29-25(36-21)30-8-10-34-11-9-30;/h2-4,6,12-13,17,32H,5,7-11,14H2,1H3,(H,27,33);1H2/t17-;/m0./s1. The maximum atomic E-state index is 13.3. The molecule has 1 atom stereocenters. The number of amides is 1. The lowest BCUT2D eigenvalue weighted by molar-refractivity contribution is 0.103. The van der Waals surface area contributed by atoms with Crippen molar-refractivity contribution in [3.63, 3.8) is 0 Å². The van der Waals surface area contributed by atoms with Crippen LogP contribution in [-0.2, 0) is 4.74 Å². The molecule has 0 radical (unpaired) electrons. The minimum atomic E-state index is -0.408. The lowest BCUT2D eigenvalue weighted by Gasteiger charge is -2.25. The second-order valence-corrected chi connectivity index (χ2v) is 11.1. The Morgan fingerprint density at radius 1 is 1.11 bits per heavy atom. The summed E-state index contributed by atoms with van der Waals surface area (Å²) in [5, 5.41) is 14.1. The van der Waals surface area contributed by atoms with Crippen molar-refractivity contribution < 1.29 is 14.6 Å². The van der Waals surface area contributed by atoms with E-state index in [2.05, 4.69) is 15.2 Å². The fourth-order valence-corrected chi connectivity index (χ4v) is 6.40. The molecule has 6 heterocycles. The quantitative estimate of drug-likeness (QED) is 0.382. The highest BCUT2D eigenvalue weighted by atomic mass is 32.1. The Labute approximate surface area is 229 Å². The van der Waals surface area contributed by atoms with Gasteiger partial charge in [0.25, 0.3) is 5.91 Å². The monoisotopic (exact) mass is 556 g/mol. The molecule has 0 aromatic carbocycles. The lowest BCUT2D eigenvalue weighted by atomic mass is 10.2. The number of morpholine rings is 1. The summed E-state index contributed by atoms with van der Waals surface area (Å²) >= 11 is 3.01. The first-order chi connectivity index (χ1) is 17.5. The largest absolute Gasteiger partial charge is 0.391 e. The molecule has 1 amide bonds. The Bertz CT molecular complexity index is 1420. The van der Waals surface area contributed by atoms with Crippen LogP contribution in [0.25, 0.3) is 20.8 Å². The molecule has 12 heteroatoms. The Kier molecular flexibility index (Phi) is 7.63. The number of aliphatic hydroxyl groups excluding tert-OH is 1. The number of hydrogen-bond acceptors (Lipinski definition) is 10. The first kappa shape index (κ1) is 25.9. The summed E-state index contributed by atoms with van der Waals surface area (Å²) in [6.45, 7) is 6.07. The summed E-state index contributed by atoms with van der Waals surface area (Å²) in [4.78, 5) is 33.1. The van der Waals surface area contributed by atoms with E-state index in [0.717, 1.165) is 39.1 Å². The van der Waals surface area contributed by atoms with Crippen LogP contribution in [-0.4, -0.2) is 71.5 Å². The number of aromatic nitrogens is 3. The number of fused-ring (bicyclic) bond motifs is 1. The number of pyridine rings is 2. The smallest absolute Gasteiger partial charge is 0.265 e. The van der Waals surface area contributed by atoms with Crippen LogP contribution in [0.15, 0.2) is 36.5 Å². The number of rotatable bonds is 5. The average Bonchev–Trinajstić information content (AvgIpc) is 3.63. The van der Waals surface area contributed by atoms with Gasteiger partial charge in [-0.2, -0.15) is 18.5 Å². The molecule has 2 N–H and O–H groups in total. The minimum Gasteiger partial charge on any atom is -0.391 e. The zero-order valence-electron chi connectivity index (χ0n) is 20.3. The molecule has 37 heavy (non-hydrogen) atoms. The van der Waals surface area contributed by atoms with E-state index in [1.807, 2.05) is 42.2 Å². The van der Waals surface area contributed by atoms with Crippen molar-refractivity contribution in [2.75, 3.05) is 54.5 Å². The van der Waals surface area contributed by atoms with Crippen LogP contribution in [0.3, 0.4) is 0 Å². The fraction of sp³-hybridized carbons (Fsp3) is 0.360. The Balaban J connectivity index is 0.00000280. The molecule has 2 aliphatic heterocycles. The van der Waals surface area contributed by atoms with E-state index in [9.17, 15) is 9.90 Å². The third-order valence-electron chi connectivity index (χ3n) is 6.35. The van der Waals surface area contributed by atoms with Crippen LogP contribution < -0.4 is 15.1 Å². The SMILES string of the molecule is Cc1cc(-c2ccc(C(=O)Nc3cc4sc(N5CCOCC5)nc4nc3N3CC[C@H](O)C3)s2)ccn1.S. The lowest BCUT2D eigenvalue weighted by Crippen LogP contribution is -2.36. The maximum Gasteiger partial charge on any atom is 0.265 e.